The molecule has 0 radical (unpaired) electrons. The minimum Gasteiger partial charge on any atom is -0.325 e. The molecule has 0 saturated carbocycles. The molecule has 1 amide bonds. The van der Waals surface area contributed by atoms with Gasteiger partial charge >= 0.3 is 0 Å². The third-order valence-electron chi connectivity index (χ3n) is 4.87. The number of hydrogen-bond donors (Lipinski definition) is 1. The highest BCUT2D eigenvalue weighted by atomic mass is 32.2. The fourth-order valence-corrected chi connectivity index (χ4v) is 5.10. The van der Waals surface area contributed by atoms with E-state index >= 15 is 0 Å². The summed E-state index contributed by atoms with van der Waals surface area (Å²) in [4.78, 5) is 26.1. The van der Waals surface area contributed by atoms with Crippen LogP contribution in [-0.2, 0) is 11.3 Å². The van der Waals surface area contributed by atoms with E-state index in [0.717, 1.165) is 16.3 Å². The normalized spacial score (nSPS) is 11.8. The van der Waals surface area contributed by atoms with Crippen LogP contribution in [0.3, 0.4) is 0 Å². The molecule has 162 valence electrons. The number of anilines is 1. The lowest BCUT2D eigenvalue weighted by molar-refractivity contribution is -0.115. The number of carbonyl (C=O) groups is 2. The van der Waals surface area contributed by atoms with Crippen LogP contribution in [0, 0.1) is 0 Å². The van der Waals surface area contributed by atoms with Crippen molar-refractivity contribution in [1.29, 1.82) is 0 Å². The lowest BCUT2D eigenvalue weighted by atomic mass is 10.1. The second-order valence-electron chi connectivity index (χ2n) is 7.06. The first kappa shape index (κ1) is 22.0. The van der Waals surface area contributed by atoms with E-state index in [1.165, 1.54) is 18.7 Å². The van der Waals surface area contributed by atoms with Gasteiger partial charge in [-0.05, 0) is 43.0 Å². The maximum atomic E-state index is 13.4. The van der Waals surface area contributed by atoms with Crippen molar-refractivity contribution in [2.75, 3.05) is 5.32 Å². The van der Waals surface area contributed by atoms with Crippen molar-refractivity contribution < 1.29 is 9.59 Å². The van der Waals surface area contributed by atoms with Crippen LogP contribution < -0.4 is 5.32 Å². The predicted octanol–water partition coefficient (Wildman–Crippen LogP) is 5.70. The Bertz CT molecular complexity index is 1220. The van der Waals surface area contributed by atoms with Crippen LogP contribution in [0.4, 0.5) is 5.69 Å². The molecule has 2 heterocycles. The number of nitrogens with zero attached hydrogens (tertiary/aromatic N) is 3. The number of hydrogen-bond acceptors (Lipinski definition) is 6. The number of nitrogens with one attached hydrogen (secondary N) is 1. The number of thioether (sulfide) groups is 1. The van der Waals surface area contributed by atoms with Gasteiger partial charge in [-0.2, -0.15) is 0 Å². The van der Waals surface area contributed by atoms with Gasteiger partial charge in [0.25, 0.3) is 0 Å². The SMILES string of the molecule is CCn1c(S[C@@H](C(=O)Nc2cccc(C(C)=O)c2)c2ccccc2)nnc1-c1cccs1. The van der Waals surface area contributed by atoms with Crippen LogP contribution in [0.2, 0.25) is 0 Å². The molecule has 0 aliphatic rings. The first-order chi connectivity index (χ1) is 15.6. The van der Waals surface area contributed by atoms with E-state index < -0.39 is 5.25 Å². The lowest BCUT2D eigenvalue weighted by Crippen LogP contribution is -2.19. The fraction of sp³-hybridized carbons (Fsp3) is 0.167. The topological polar surface area (TPSA) is 76.9 Å². The summed E-state index contributed by atoms with van der Waals surface area (Å²) in [7, 11) is 0. The second-order valence-corrected chi connectivity index (χ2v) is 9.08. The van der Waals surface area contributed by atoms with Crippen molar-refractivity contribution in [3.05, 3.63) is 83.2 Å². The van der Waals surface area contributed by atoms with Gasteiger partial charge in [-0.1, -0.05) is 60.3 Å². The Morgan fingerprint density at radius 2 is 1.88 bits per heavy atom. The summed E-state index contributed by atoms with van der Waals surface area (Å²) in [6.45, 7) is 4.23. The van der Waals surface area contributed by atoms with Gasteiger partial charge in [0.05, 0.1) is 4.88 Å². The third kappa shape index (κ3) is 4.81. The highest BCUT2D eigenvalue weighted by Gasteiger charge is 2.26. The maximum Gasteiger partial charge on any atom is 0.242 e. The molecular formula is C24H22N4O2S2. The van der Waals surface area contributed by atoms with Crippen molar-refractivity contribution in [3.8, 4) is 10.7 Å². The first-order valence-corrected chi connectivity index (χ1v) is 11.9. The fourth-order valence-electron chi connectivity index (χ4n) is 3.28. The van der Waals surface area contributed by atoms with E-state index in [-0.39, 0.29) is 11.7 Å². The van der Waals surface area contributed by atoms with Crippen LogP contribution >= 0.6 is 23.1 Å². The molecule has 8 heteroatoms. The predicted molar refractivity (Wildman–Crippen MR) is 129 cm³/mol. The minimum absolute atomic E-state index is 0.0489. The molecule has 4 aromatic rings. The zero-order valence-corrected chi connectivity index (χ0v) is 19.3. The number of rotatable bonds is 8. The molecule has 32 heavy (non-hydrogen) atoms. The van der Waals surface area contributed by atoms with Gasteiger partial charge in [-0.15, -0.1) is 21.5 Å². The van der Waals surface area contributed by atoms with E-state index in [1.807, 2.05) is 59.3 Å². The zero-order chi connectivity index (χ0) is 22.5. The summed E-state index contributed by atoms with van der Waals surface area (Å²) in [5.74, 6) is 0.559. The van der Waals surface area contributed by atoms with Gasteiger partial charge < -0.3 is 9.88 Å². The van der Waals surface area contributed by atoms with Crippen molar-refractivity contribution in [2.45, 2.75) is 30.8 Å². The summed E-state index contributed by atoms with van der Waals surface area (Å²) in [6.07, 6.45) is 0. The van der Waals surface area contributed by atoms with Crippen molar-refractivity contribution >= 4 is 40.5 Å². The van der Waals surface area contributed by atoms with Gasteiger partial charge in [0, 0.05) is 17.8 Å². The van der Waals surface area contributed by atoms with E-state index in [0.29, 0.717) is 23.0 Å². The Hall–Kier alpha value is -3.23. The Labute approximate surface area is 194 Å². The van der Waals surface area contributed by atoms with Gasteiger partial charge in [0.15, 0.2) is 16.8 Å². The Morgan fingerprint density at radius 3 is 2.56 bits per heavy atom. The quantitative estimate of drug-likeness (QED) is 0.268. The van der Waals surface area contributed by atoms with E-state index in [9.17, 15) is 9.59 Å². The largest absolute Gasteiger partial charge is 0.325 e. The Morgan fingerprint density at radius 1 is 1.06 bits per heavy atom. The molecular weight excluding hydrogens is 440 g/mol. The van der Waals surface area contributed by atoms with Crippen molar-refractivity contribution in [3.63, 3.8) is 0 Å². The van der Waals surface area contributed by atoms with Crippen molar-refractivity contribution in [2.24, 2.45) is 0 Å². The van der Waals surface area contributed by atoms with E-state index in [1.54, 1.807) is 35.6 Å². The Kier molecular flexibility index (Phi) is 6.82. The smallest absolute Gasteiger partial charge is 0.242 e. The third-order valence-corrected chi connectivity index (χ3v) is 6.98. The molecule has 1 atom stereocenters. The van der Waals surface area contributed by atoms with Crippen LogP contribution in [-0.4, -0.2) is 26.5 Å². The van der Waals surface area contributed by atoms with Gasteiger partial charge in [-0.3, -0.25) is 9.59 Å². The molecule has 0 aliphatic carbocycles. The standard InChI is InChI=1S/C24H22N4O2S2/c1-3-28-22(20-13-8-14-31-20)26-27-24(28)32-21(17-9-5-4-6-10-17)23(30)25-19-12-7-11-18(15-19)16(2)29/h4-15,21H,3H2,1-2H3,(H,25,30)/t21-/m1/s1. The second kappa shape index (κ2) is 9.93. The molecule has 2 aromatic carbocycles. The molecule has 0 spiro atoms. The first-order valence-electron chi connectivity index (χ1n) is 10.2. The van der Waals surface area contributed by atoms with Crippen LogP contribution in [0.1, 0.15) is 35.0 Å². The highest BCUT2D eigenvalue weighted by Crippen LogP contribution is 2.37. The molecule has 4 rings (SSSR count). The monoisotopic (exact) mass is 462 g/mol. The molecule has 0 fully saturated rings. The van der Waals surface area contributed by atoms with Crippen molar-refractivity contribution in [1.82, 2.24) is 14.8 Å². The summed E-state index contributed by atoms with van der Waals surface area (Å²) in [6, 6.07) is 20.6. The minimum atomic E-state index is -0.539. The van der Waals surface area contributed by atoms with Gasteiger partial charge in [0.1, 0.15) is 5.25 Å². The summed E-state index contributed by atoms with van der Waals surface area (Å²) < 4.78 is 2.02. The number of ketones is 1. The van der Waals surface area contributed by atoms with E-state index in [2.05, 4.69) is 15.5 Å². The summed E-state index contributed by atoms with van der Waals surface area (Å²) in [5, 5.41) is 13.9. The number of thiophene rings is 1. The van der Waals surface area contributed by atoms with E-state index in [4.69, 9.17) is 0 Å². The van der Waals surface area contributed by atoms with Gasteiger partial charge in [-0.25, -0.2) is 0 Å². The zero-order valence-electron chi connectivity index (χ0n) is 17.7. The van der Waals surface area contributed by atoms with Crippen LogP contribution in [0.15, 0.2) is 77.3 Å². The highest BCUT2D eigenvalue weighted by molar-refractivity contribution is 8.00. The molecule has 6 nitrogen and oxygen atoms in total. The van der Waals surface area contributed by atoms with Crippen LogP contribution in [0.25, 0.3) is 10.7 Å². The summed E-state index contributed by atoms with van der Waals surface area (Å²) in [5.41, 5.74) is 2.00. The van der Waals surface area contributed by atoms with Crippen LogP contribution in [0.5, 0.6) is 0 Å². The molecule has 0 saturated heterocycles. The average molecular weight is 463 g/mol. The lowest BCUT2D eigenvalue weighted by Gasteiger charge is -2.17. The maximum absolute atomic E-state index is 13.4. The molecule has 1 N–H and O–H groups in total. The number of benzene rings is 2. The molecule has 0 aliphatic heterocycles. The number of amides is 1. The number of Topliss-reactive ketones (excluding diaryl/α,β-unsaturated/α-hetero) is 1. The Balaban J connectivity index is 1.65. The number of carbonyl (C=O) groups excluding carboxylic acids is 2. The molecule has 0 bridgehead atoms. The average Bonchev–Trinajstić information content (AvgIpc) is 3.47. The number of aromatic nitrogens is 3. The van der Waals surface area contributed by atoms with Gasteiger partial charge in [0.2, 0.25) is 5.91 Å². The molecule has 0 unspecified atom stereocenters. The molecule has 2 aromatic heterocycles. The summed E-state index contributed by atoms with van der Waals surface area (Å²) >= 11 is 2.97.